The molecule has 138 valence electrons. The lowest BCUT2D eigenvalue weighted by Crippen LogP contribution is -3.14. The molecule has 0 atom stereocenters. The molecule has 0 aromatic carbocycles. The smallest absolute Gasteiger partial charge is 0.328 e. The summed E-state index contributed by atoms with van der Waals surface area (Å²) in [7, 11) is 8.73. The lowest BCUT2D eigenvalue weighted by atomic mass is 10.5. The molecule has 0 saturated carbocycles. The quantitative estimate of drug-likeness (QED) is 0.330. The van der Waals surface area contributed by atoms with Crippen LogP contribution in [0, 0.1) is 0 Å². The number of nitrogens with one attached hydrogen (secondary N) is 2. The van der Waals surface area contributed by atoms with Crippen molar-refractivity contribution >= 4 is 23.9 Å². The predicted molar refractivity (Wildman–Crippen MR) is 78.9 cm³/mol. The number of hydrogen-bond acceptors (Lipinski definition) is 6. The Hall–Kier alpha value is -2.72. The molecule has 0 radical (unpaired) electrons. The van der Waals surface area contributed by atoms with Gasteiger partial charge in [0.1, 0.15) is 13.1 Å². The van der Waals surface area contributed by atoms with Crippen molar-refractivity contribution in [2.24, 2.45) is 0 Å². The van der Waals surface area contributed by atoms with Crippen LogP contribution in [0.3, 0.4) is 0 Å². The molecule has 0 saturated heterocycles. The van der Waals surface area contributed by atoms with Crippen LogP contribution in [0.5, 0.6) is 0 Å². The van der Waals surface area contributed by atoms with E-state index in [0.29, 0.717) is 24.3 Å². The molecule has 0 aromatic rings. The Morgan fingerprint density at radius 1 is 0.708 bits per heavy atom. The highest BCUT2D eigenvalue weighted by Crippen LogP contribution is 1.68. The molecule has 10 nitrogen and oxygen atoms in total. The molecule has 0 unspecified atom stereocenters. The normalized spacial score (nSPS) is 10.1. The van der Waals surface area contributed by atoms with Crippen molar-refractivity contribution in [2.75, 3.05) is 41.3 Å². The first-order valence-electron chi connectivity index (χ1n) is 6.70. The molecule has 0 aliphatic carbocycles. The van der Waals surface area contributed by atoms with Crippen LogP contribution in [0.25, 0.3) is 0 Å². The standard InChI is InChI=1S/C6H16N2.2C4H4O4/c1-7(2)5-6-8(3)4;2*5-3(6)1-2-4(7)8/h5-6H2,1-4H3;2*1-2H,(H,5,6)(H,7,8)/b;2*2-1-. The number of carboxylic acids is 4. The summed E-state index contributed by atoms with van der Waals surface area (Å²) >= 11 is 0. The van der Waals surface area contributed by atoms with Gasteiger partial charge in [-0.05, 0) is 12.2 Å². The second-order valence-electron chi connectivity index (χ2n) is 4.90. The average molecular weight is 348 g/mol. The molecule has 0 amide bonds. The van der Waals surface area contributed by atoms with Gasteiger partial charge >= 0.3 is 11.9 Å². The topological polar surface area (TPSA) is 164 Å². The third-order valence-electron chi connectivity index (χ3n) is 1.85. The number of rotatable bonds is 7. The van der Waals surface area contributed by atoms with Crippen LogP contribution in [-0.2, 0) is 19.2 Å². The third kappa shape index (κ3) is 42.7. The van der Waals surface area contributed by atoms with Gasteiger partial charge in [-0.2, -0.15) is 0 Å². The summed E-state index contributed by atoms with van der Waals surface area (Å²) in [5.41, 5.74) is 0. The van der Waals surface area contributed by atoms with E-state index in [4.69, 9.17) is 10.2 Å². The summed E-state index contributed by atoms with van der Waals surface area (Å²) < 4.78 is 0. The van der Waals surface area contributed by atoms with E-state index >= 15 is 0 Å². The van der Waals surface area contributed by atoms with Crippen LogP contribution in [0.4, 0.5) is 0 Å². The lowest BCUT2D eigenvalue weighted by Gasteiger charge is -2.09. The fourth-order valence-electron chi connectivity index (χ4n) is 0.779. The van der Waals surface area contributed by atoms with Crippen LogP contribution < -0.4 is 20.0 Å². The summed E-state index contributed by atoms with van der Waals surface area (Å²) in [5, 5.41) is 34.5. The van der Waals surface area contributed by atoms with Gasteiger partial charge in [-0.3, -0.25) is 0 Å². The maximum atomic E-state index is 9.53. The Bertz CT molecular complexity index is 382. The second-order valence-corrected chi connectivity index (χ2v) is 4.90. The second kappa shape index (κ2) is 16.6. The third-order valence-corrected chi connectivity index (χ3v) is 1.85. The summed E-state index contributed by atoms with van der Waals surface area (Å²) in [5.74, 6) is -5.61. The van der Waals surface area contributed by atoms with Crippen LogP contribution in [0.2, 0.25) is 0 Å². The van der Waals surface area contributed by atoms with Crippen molar-refractivity contribution < 1.29 is 49.4 Å². The number of carbonyl (C=O) groups is 4. The van der Waals surface area contributed by atoms with Gasteiger partial charge in [-0.15, -0.1) is 0 Å². The maximum Gasteiger partial charge on any atom is 0.328 e. The summed E-state index contributed by atoms with van der Waals surface area (Å²) in [6.07, 6.45) is 1.88. The minimum atomic E-state index is -1.51. The maximum absolute atomic E-state index is 9.53. The lowest BCUT2D eigenvalue weighted by molar-refractivity contribution is -0.918. The molecule has 0 aliphatic heterocycles. The number of hydrogen-bond donors (Lipinski definition) is 4. The Balaban J connectivity index is -0.000000276. The number of aliphatic carboxylic acids is 4. The van der Waals surface area contributed by atoms with E-state index in [0.717, 1.165) is 0 Å². The SMILES string of the molecule is C[NH+](C)CC[NH+](C)C.O=C([O-])/C=C\C(=O)O.O=C([O-])/C=C\C(=O)O. The van der Waals surface area contributed by atoms with Crippen molar-refractivity contribution in [1.29, 1.82) is 0 Å². The van der Waals surface area contributed by atoms with Gasteiger partial charge < -0.3 is 39.8 Å². The Kier molecular flexibility index (Phi) is 18.2. The van der Waals surface area contributed by atoms with Gasteiger partial charge in [0.15, 0.2) is 0 Å². The highest BCUT2D eigenvalue weighted by molar-refractivity contribution is 5.89. The molecule has 4 N–H and O–H groups in total. The molecular weight excluding hydrogens is 324 g/mol. The minimum Gasteiger partial charge on any atom is -0.545 e. The van der Waals surface area contributed by atoms with Crippen molar-refractivity contribution in [3.05, 3.63) is 24.3 Å². The zero-order valence-corrected chi connectivity index (χ0v) is 14.1. The Morgan fingerprint density at radius 3 is 1.04 bits per heavy atom. The van der Waals surface area contributed by atoms with Crippen LogP contribution in [0.15, 0.2) is 24.3 Å². The van der Waals surface area contributed by atoms with E-state index in [-0.39, 0.29) is 0 Å². The van der Waals surface area contributed by atoms with E-state index in [9.17, 15) is 29.4 Å². The summed E-state index contributed by atoms with van der Waals surface area (Å²) in [6, 6.07) is 0. The van der Waals surface area contributed by atoms with Crippen molar-refractivity contribution in [3.8, 4) is 0 Å². The van der Waals surface area contributed by atoms with Crippen LogP contribution >= 0.6 is 0 Å². The van der Waals surface area contributed by atoms with Gasteiger partial charge in [0, 0.05) is 12.2 Å². The van der Waals surface area contributed by atoms with Gasteiger partial charge in [-0.25, -0.2) is 9.59 Å². The molecule has 0 spiro atoms. The zero-order valence-electron chi connectivity index (χ0n) is 14.1. The predicted octanol–water partition coefficient (Wildman–Crippen LogP) is -5.97. The van der Waals surface area contributed by atoms with Gasteiger partial charge in [0.05, 0.1) is 40.1 Å². The first-order valence-corrected chi connectivity index (χ1v) is 6.70. The molecule has 0 bridgehead atoms. The van der Waals surface area contributed by atoms with Crippen LogP contribution in [-0.4, -0.2) is 75.4 Å². The number of carboxylic acid groups (broad SMARTS) is 4. The molecule has 0 aliphatic rings. The zero-order chi connectivity index (χ0) is 19.7. The van der Waals surface area contributed by atoms with Crippen molar-refractivity contribution in [2.45, 2.75) is 0 Å². The van der Waals surface area contributed by atoms with E-state index in [1.807, 2.05) is 0 Å². The highest BCUT2D eigenvalue weighted by atomic mass is 16.4. The highest BCUT2D eigenvalue weighted by Gasteiger charge is 1.95. The molecule has 0 fully saturated rings. The van der Waals surface area contributed by atoms with E-state index in [1.165, 1.54) is 22.9 Å². The molecular formula is C14H24N2O8. The van der Waals surface area contributed by atoms with Crippen molar-refractivity contribution in [3.63, 3.8) is 0 Å². The molecule has 24 heavy (non-hydrogen) atoms. The van der Waals surface area contributed by atoms with E-state index in [2.05, 4.69) is 28.2 Å². The van der Waals surface area contributed by atoms with Gasteiger partial charge in [0.2, 0.25) is 0 Å². The Morgan fingerprint density at radius 2 is 0.958 bits per heavy atom. The number of likely N-dealkylation sites (N-methyl/N-ethyl adjacent to an activating group) is 2. The molecule has 0 aromatic heterocycles. The van der Waals surface area contributed by atoms with E-state index in [1.54, 1.807) is 0 Å². The van der Waals surface area contributed by atoms with Gasteiger partial charge in [0.25, 0.3) is 0 Å². The number of carbonyl (C=O) groups excluding carboxylic acids is 2. The van der Waals surface area contributed by atoms with Gasteiger partial charge in [-0.1, -0.05) is 0 Å². The Labute approximate surface area is 139 Å². The monoisotopic (exact) mass is 348 g/mol. The van der Waals surface area contributed by atoms with Crippen molar-refractivity contribution in [1.82, 2.24) is 0 Å². The van der Waals surface area contributed by atoms with Crippen LogP contribution in [0.1, 0.15) is 0 Å². The minimum absolute atomic E-state index is 0.447. The first-order chi connectivity index (χ1) is 10.9. The average Bonchev–Trinajstić information content (AvgIpc) is 2.42. The summed E-state index contributed by atoms with van der Waals surface area (Å²) in [4.78, 5) is 41.0. The largest absolute Gasteiger partial charge is 0.545 e. The molecule has 0 rings (SSSR count). The first kappa shape index (κ1) is 26.2. The molecule has 0 heterocycles. The summed E-state index contributed by atoms with van der Waals surface area (Å²) in [6.45, 7) is 2.53. The molecule has 10 heteroatoms. The number of quaternary nitrogens is 2. The fraction of sp³-hybridized carbons (Fsp3) is 0.429. The van der Waals surface area contributed by atoms with E-state index < -0.39 is 23.9 Å². The fourth-order valence-corrected chi connectivity index (χ4v) is 0.779.